The van der Waals surface area contributed by atoms with Crippen molar-refractivity contribution in [2.24, 2.45) is 5.41 Å². The molecule has 0 unspecified atom stereocenters. The number of allylic oxidation sites excluding steroid dienone is 1. The van der Waals surface area contributed by atoms with Crippen molar-refractivity contribution in [3.8, 4) is 0 Å². The molecule has 0 aromatic heterocycles. The molecule has 0 N–H and O–H groups in total. The molecular weight excluding hydrogens is 256 g/mol. The van der Waals surface area contributed by atoms with Crippen LogP contribution in [-0.2, 0) is 0 Å². The molecule has 58 valence electrons. The molecule has 0 radical (unpaired) electrons. The average Bonchev–Trinajstić information content (AvgIpc) is 1.60. The molecule has 0 nitrogen and oxygen atoms in total. The molecule has 0 spiro atoms. The first-order valence-corrected chi connectivity index (χ1v) is 4.71. The number of hydrogen-bond acceptors (Lipinski definition) is 0. The lowest BCUT2D eigenvalue weighted by atomic mass is 9.88. The van der Waals surface area contributed by atoms with Crippen LogP contribution in [0.3, 0.4) is 0 Å². The minimum atomic E-state index is 0.215. The summed E-state index contributed by atoms with van der Waals surface area (Å²) in [6, 6.07) is 0. The maximum Gasteiger partial charge on any atom is 0.102 e. The third-order valence-electron chi connectivity index (χ3n) is 1.41. The van der Waals surface area contributed by atoms with Crippen molar-refractivity contribution in [1.82, 2.24) is 0 Å². The highest BCUT2D eigenvalue weighted by Crippen LogP contribution is 2.25. The summed E-state index contributed by atoms with van der Waals surface area (Å²) in [7, 11) is 0. The Balaban J connectivity index is 4.69. The Morgan fingerprint density at radius 3 is 1.70 bits per heavy atom. The predicted octanol–water partition coefficient (Wildman–Crippen LogP) is 4.21. The van der Waals surface area contributed by atoms with Gasteiger partial charge in [0, 0.05) is 0 Å². The molecule has 0 aliphatic carbocycles. The summed E-state index contributed by atoms with van der Waals surface area (Å²) < 4.78 is 0.882. The fourth-order valence-corrected chi connectivity index (χ4v) is 0.924. The molecule has 2 heteroatoms. The van der Waals surface area contributed by atoms with E-state index >= 15 is 0 Å². The van der Waals surface area contributed by atoms with Crippen molar-refractivity contribution in [2.45, 2.75) is 27.7 Å². The monoisotopic (exact) mass is 266 g/mol. The summed E-state index contributed by atoms with van der Waals surface area (Å²) in [6.07, 6.45) is 0. The average molecular weight is 268 g/mol. The summed E-state index contributed by atoms with van der Waals surface area (Å²) in [5, 5.41) is 0. The van der Waals surface area contributed by atoms with Crippen LogP contribution < -0.4 is 0 Å². The SMILES string of the molecule is CC(=C=C(Br)Br)C(C)(C)C. The highest BCUT2D eigenvalue weighted by Gasteiger charge is 2.11. The smallest absolute Gasteiger partial charge is 0.0985 e. The lowest BCUT2D eigenvalue weighted by Crippen LogP contribution is -2.05. The summed E-state index contributed by atoms with van der Waals surface area (Å²) >= 11 is 6.54. The lowest BCUT2D eigenvalue weighted by molar-refractivity contribution is 0.505. The van der Waals surface area contributed by atoms with E-state index in [1.54, 1.807) is 0 Å². The zero-order valence-electron chi connectivity index (χ0n) is 6.76. The Kier molecular flexibility index (Phi) is 3.93. The third-order valence-corrected chi connectivity index (χ3v) is 1.80. The third kappa shape index (κ3) is 4.32. The molecule has 0 aliphatic heterocycles. The molecule has 0 fully saturated rings. The first kappa shape index (κ1) is 10.5. The van der Waals surface area contributed by atoms with Crippen molar-refractivity contribution in [3.63, 3.8) is 0 Å². The van der Waals surface area contributed by atoms with Crippen molar-refractivity contribution in [2.75, 3.05) is 0 Å². The van der Waals surface area contributed by atoms with Gasteiger partial charge >= 0.3 is 0 Å². The molecule has 0 aromatic carbocycles. The molecular formula is C8H12Br2. The Bertz CT molecular complexity index is 174. The molecule has 0 saturated heterocycles. The maximum absolute atomic E-state index is 3.27. The second-order valence-corrected chi connectivity index (χ2v) is 5.91. The molecule has 0 amide bonds. The van der Waals surface area contributed by atoms with Gasteiger partial charge < -0.3 is 0 Å². The van der Waals surface area contributed by atoms with Gasteiger partial charge in [0.15, 0.2) is 0 Å². The van der Waals surface area contributed by atoms with Crippen LogP contribution in [-0.4, -0.2) is 0 Å². The van der Waals surface area contributed by atoms with Crippen LogP contribution in [0.1, 0.15) is 27.7 Å². The molecule has 0 aliphatic rings. The number of rotatable bonds is 0. The fourth-order valence-electron chi connectivity index (χ4n) is 0.329. The van der Waals surface area contributed by atoms with Gasteiger partial charge in [0.05, 0.1) is 0 Å². The highest BCUT2D eigenvalue weighted by molar-refractivity contribution is 9.28. The van der Waals surface area contributed by atoms with Crippen molar-refractivity contribution in [1.29, 1.82) is 0 Å². The summed E-state index contributed by atoms with van der Waals surface area (Å²) in [5.74, 6) is 0. The summed E-state index contributed by atoms with van der Waals surface area (Å²) in [5.41, 5.74) is 4.60. The van der Waals surface area contributed by atoms with E-state index in [-0.39, 0.29) is 5.41 Å². The van der Waals surface area contributed by atoms with Crippen LogP contribution in [0.15, 0.2) is 14.7 Å². The van der Waals surface area contributed by atoms with Crippen molar-refractivity contribution < 1.29 is 0 Å². The second-order valence-electron chi connectivity index (χ2n) is 3.26. The Hall–Kier alpha value is 0.480. The van der Waals surface area contributed by atoms with Gasteiger partial charge in [0.2, 0.25) is 0 Å². The van der Waals surface area contributed by atoms with E-state index in [9.17, 15) is 0 Å². The Morgan fingerprint density at radius 2 is 1.60 bits per heavy atom. The van der Waals surface area contributed by atoms with E-state index < -0.39 is 0 Å². The summed E-state index contributed by atoms with van der Waals surface area (Å²) in [6.45, 7) is 8.57. The standard InChI is InChI=1S/C8H12Br2/c1-6(5-7(9)10)8(2,3)4/h1-4H3. The van der Waals surface area contributed by atoms with E-state index in [2.05, 4.69) is 65.3 Å². The first-order valence-electron chi connectivity index (χ1n) is 3.13. The summed E-state index contributed by atoms with van der Waals surface area (Å²) in [4.78, 5) is 0. The van der Waals surface area contributed by atoms with Gasteiger partial charge in [-0.05, 0) is 49.8 Å². The predicted molar refractivity (Wildman–Crippen MR) is 53.5 cm³/mol. The first-order chi connectivity index (χ1) is 4.34. The highest BCUT2D eigenvalue weighted by atomic mass is 79.9. The zero-order valence-corrected chi connectivity index (χ0v) is 9.93. The van der Waals surface area contributed by atoms with Gasteiger partial charge in [-0.2, -0.15) is 0 Å². The van der Waals surface area contributed by atoms with E-state index in [0.29, 0.717) is 0 Å². The van der Waals surface area contributed by atoms with Crippen LogP contribution in [0.5, 0.6) is 0 Å². The van der Waals surface area contributed by atoms with Crippen LogP contribution in [0.25, 0.3) is 0 Å². The zero-order chi connectivity index (χ0) is 8.36. The quantitative estimate of drug-likeness (QED) is 0.577. The van der Waals surface area contributed by atoms with E-state index in [4.69, 9.17) is 0 Å². The van der Waals surface area contributed by atoms with E-state index in [1.807, 2.05) is 0 Å². The Labute approximate surface area is 79.6 Å². The molecule has 0 heterocycles. The number of halogens is 2. The minimum Gasteiger partial charge on any atom is -0.0985 e. The molecule has 0 atom stereocenters. The van der Waals surface area contributed by atoms with Crippen LogP contribution in [0.2, 0.25) is 0 Å². The topological polar surface area (TPSA) is 0 Å². The lowest BCUT2D eigenvalue weighted by Gasteiger charge is -2.16. The van der Waals surface area contributed by atoms with E-state index in [0.717, 1.165) is 3.39 Å². The van der Waals surface area contributed by atoms with Crippen LogP contribution in [0, 0.1) is 5.41 Å². The largest absolute Gasteiger partial charge is 0.102 e. The maximum atomic E-state index is 3.27. The van der Waals surface area contributed by atoms with Crippen molar-refractivity contribution >= 4 is 31.9 Å². The normalized spacial score (nSPS) is 10.6. The van der Waals surface area contributed by atoms with Crippen molar-refractivity contribution in [3.05, 3.63) is 14.7 Å². The minimum absolute atomic E-state index is 0.215. The van der Waals surface area contributed by atoms with Crippen LogP contribution in [0.4, 0.5) is 0 Å². The number of hydrogen-bond donors (Lipinski definition) is 0. The van der Waals surface area contributed by atoms with Crippen LogP contribution >= 0.6 is 31.9 Å². The molecule has 0 aromatic rings. The molecule has 0 rings (SSSR count). The fraction of sp³-hybridized carbons (Fsp3) is 0.625. The molecule has 0 saturated carbocycles. The van der Waals surface area contributed by atoms with Gasteiger partial charge in [0.1, 0.15) is 3.39 Å². The molecule has 0 bridgehead atoms. The van der Waals surface area contributed by atoms with Gasteiger partial charge in [-0.25, -0.2) is 0 Å². The van der Waals surface area contributed by atoms with Gasteiger partial charge in [-0.1, -0.05) is 26.5 Å². The Morgan fingerprint density at radius 1 is 1.20 bits per heavy atom. The van der Waals surface area contributed by atoms with Gasteiger partial charge in [0.25, 0.3) is 0 Å². The van der Waals surface area contributed by atoms with E-state index in [1.165, 1.54) is 5.57 Å². The molecule has 10 heavy (non-hydrogen) atoms. The second kappa shape index (κ2) is 3.75. The van der Waals surface area contributed by atoms with Gasteiger partial charge in [-0.15, -0.1) is 0 Å². The van der Waals surface area contributed by atoms with Gasteiger partial charge in [-0.3, -0.25) is 0 Å².